The quantitative estimate of drug-likeness (QED) is 0.829. The van der Waals surface area contributed by atoms with Crippen LogP contribution in [-0.4, -0.2) is 23.1 Å². The zero-order chi connectivity index (χ0) is 14.8. The van der Waals surface area contributed by atoms with Crippen LogP contribution in [-0.2, 0) is 5.41 Å². The van der Waals surface area contributed by atoms with Crippen LogP contribution in [0.4, 0.5) is 11.6 Å². The maximum atomic E-state index is 4.69. The van der Waals surface area contributed by atoms with Gasteiger partial charge in [-0.2, -0.15) is 0 Å². The van der Waals surface area contributed by atoms with E-state index >= 15 is 0 Å². The fraction of sp³-hybridized carbons (Fsp3) is 0.750. The van der Waals surface area contributed by atoms with Crippen LogP contribution < -0.4 is 10.6 Å². The first-order chi connectivity index (χ1) is 9.38. The lowest BCUT2D eigenvalue weighted by Crippen LogP contribution is -2.20. The molecule has 0 saturated heterocycles. The Labute approximate surface area is 122 Å². The predicted octanol–water partition coefficient (Wildman–Crippen LogP) is 3.81. The molecule has 2 rings (SSSR count). The van der Waals surface area contributed by atoms with Crippen molar-refractivity contribution in [2.24, 2.45) is 5.41 Å². The molecule has 1 aromatic rings. The van der Waals surface area contributed by atoms with E-state index in [1.54, 1.807) is 0 Å². The van der Waals surface area contributed by atoms with E-state index in [9.17, 15) is 0 Å². The summed E-state index contributed by atoms with van der Waals surface area (Å²) in [5.41, 5.74) is 0.481. The van der Waals surface area contributed by atoms with Gasteiger partial charge < -0.3 is 10.6 Å². The van der Waals surface area contributed by atoms with Crippen LogP contribution in [0.5, 0.6) is 0 Å². The summed E-state index contributed by atoms with van der Waals surface area (Å²) in [5.74, 6) is 2.75. The van der Waals surface area contributed by atoms with E-state index in [2.05, 4.69) is 55.2 Å². The summed E-state index contributed by atoms with van der Waals surface area (Å²) in [6, 6.07) is 2.02. The van der Waals surface area contributed by atoms with Gasteiger partial charge in [-0.1, -0.05) is 27.7 Å². The van der Waals surface area contributed by atoms with Gasteiger partial charge in [0.1, 0.15) is 17.5 Å². The van der Waals surface area contributed by atoms with Crippen LogP contribution in [0.15, 0.2) is 6.07 Å². The molecule has 112 valence electrons. The van der Waals surface area contributed by atoms with E-state index < -0.39 is 0 Å². The molecule has 0 atom stereocenters. The van der Waals surface area contributed by atoms with Gasteiger partial charge in [-0.05, 0) is 31.6 Å². The Bertz CT molecular complexity index is 458. The van der Waals surface area contributed by atoms with Gasteiger partial charge in [-0.3, -0.25) is 0 Å². The summed E-state index contributed by atoms with van der Waals surface area (Å²) < 4.78 is 0. The monoisotopic (exact) mass is 276 g/mol. The fourth-order valence-corrected chi connectivity index (χ4v) is 2.26. The zero-order valence-electron chi connectivity index (χ0n) is 13.5. The summed E-state index contributed by atoms with van der Waals surface area (Å²) in [7, 11) is 0. The molecule has 1 aromatic heterocycles. The molecule has 1 saturated carbocycles. The number of nitrogens with one attached hydrogen (secondary N) is 2. The molecule has 4 nitrogen and oxygen atoms in total. The summed E-state index contributed by atoms with van der Waals surface area (Å²) >= 11 is 0. The molecule has 2 N–H and O–H groups in total. The number of rotatable bonds is 6. The van der Waals surface area contributed by atoms with E-state index in [0.717, 1.165) is 30.5 Å². The maximum absolute atomic E-state index is 4.69. The Hall–Kier alpha value is -1.32. The zero-order valence-corrected chi connectivity index (χ0v) is 13.5. The number of hydrogen-bond acceptors (Lipinski definition) is 4. The topological polar surface area (TPSA) is 49.8 Å². The van der Waals surface area contributed by atoms with Crippen molar-refractivity contribution in [2.45, 2.75) is 59.3 Å². The van der Waals surface area contributed by atoms with Crippen molar-refractivity contribution < 1.29 is 0 Å². The Morgan fingerprint density at radius 2 is 1.70 bits per heavy atom. The molecule has 0 aromatic carbocycles. The summed E-state index contributed by atoms with van der Waals surface area (Å²) in [4.78, 5) is 9.30. The minimum absolute atomic E-state index is 0.0378. The van der Waals surface area contributed by atoms with Crippen LogP contribution in [0.3, 0.4) is 0 Å². The SMILES string of the molecule is CCNc1cc(NCC2(CC)CC2)nc(C(C)(C)C)n1. The minimum Gasteiger partial charge on any atom is -0.370 e. The first-order valence-electron chi connectivity index (χ1n) is 7.76. The van der Waals surface area contributed by atoms with Crippen LogP contribution in [0.25, 0.3) is 0 Å². The molecule has 0 bridgehead atoms. The van der Waals surface area contributed by atoms with Crippen LogP contribution in [0.1, 0.15) is 59.7 Å². The van der Waals surface area contributed by atoms with Crippen molar-refractivity contribution in [1.29, 1.82) is 0 Å². The third-order valence-electron chi connectivity index (χ3n) is 4.11. The Morgan fingerprint density at radius 3 is 2.15 bits per heavy atom. The standard InChI is InChI=1S/C16H28N4/c1-6-16(8-9-16)11-18-13-10-12(17-7-2)19-14(20-13)15(3,4)5/h10H,6-9,11H2,1-5H3,(H2,17,18,19,20). The second-order valence-electron chi connectivity index (χ2n) is 6.95. The lowest BCUT2D eigenvalue weighted by molar-refractivity contribution is 0.518. The molecule has 1 heterocycles. The van der Waals surface area contributed by atoms with Crippen molar-refractivity contribution in [3.8, 4) is 0 Å². The Balaban J connectivity index is 2.16. The average molecular weight is 276 g/mol. The minimum atomic E-state index is -0.0378. The van der Waals surface area contributed by atoms with Gasteiger partial charge in [0.2, 0.25) is 0 Å². The first-order valence-corrected chi connectivity index (χ1v) is 7.76. The van der Waals surface area contributed by atoms with E-state index in [4.69, 9.17) is 0 Å². The lowest BCUT2D eigenvalue weighted by Gasteiger charge is -2.20. The summed E-state index contributed by atoms with van der Waals surface area (Å²) in [6.07, 6.45) is 3.93. The van der Waals surface area contributed by atoms with Gasteiger partial charge in [0.25, 0.3) is 0 Å². The van der Waals surface area contributed by atoms with Gasteiger partial charge in [0.05, 0.1) is 0 Å². The molecular formula is C16H28N4. The number of hydrogen-bond donors (Lipinski definition) is 2. The average Bonchev–Trinajstić information content (AvgIpc) is 3.16. The van der Waals surface area contributed by atoms with Gasteiger partial charge in [0, 0.05) is 24.6 Å². The molecule has 0 radical (unpaired) electrons. The fourth-order valence-electron chi connectivity index (χ4n) is 2.26. The molecule has 0 unspecified atom stereocenters. The highest BCUT2D eigenvalue weighted by atomic mass is 15.1. The molecular weight excluding hydrogens is 248 g/mol. The predicted molar refractivity (Wildman–Crippen MR) is 85.3 cm³/mol. The molecule has 1 fully saturated rings. The van der Waals surface area contributed by atoms with Crippen molar-refractivity contribution in [1.82, 2.24) is 9.97 Å². The molecule has 0 aliphatic heterocycles. The van der Waals surface area contributed by atoms with Gasteiger partial charge >= 0.3 is 0 Å². The highest BCUT2D eigenvalue weighted by molar-refractivity contribution is 5.48. The molecule has 20 heavy (non-hydrogen) atoms. The molecule has 4 heteroatoms. The van der Waals surface area contributed by atoms with Crippen LogP contribution >= 0.6 is 0 Å². The number of aromatic nitrogens is 2. The highest BCUT2D eigenvalue weighted by Gasteiger charge is 2.40. The smallest absolute Gasteiger partial charge is 0.138 e. The third-order valence-corrected chi connectivity index (χ3v) is 4.11. The third kappa shape index (κ3) is 3.62. The summed E-state index contributed by atoms with van der Waals surface area (Å²) in [5, 5.41) is 6.81. The molecule has 0 amide bonds. The largest absolute Gasteiger partial charge is 0.370 e. The van der Waals surface area contributed by atoms with Crippen molar-refractivity contribution in [2.75, 3.05) is 23.7 Å². The molecule has 1 aliphatic rings. The number of anilines is 2. The number of nitrogens with zero attached hydrogens (tertiary/aromatic N) is 2. The van der Waals surface area contributed by atoms with Crippen molar-refractivity contribution in [3.63, 3.8) is 0 Å². The summed E-state index contributed by atoms with van der Waals surface area (Å²) in [6.45, 7) is 12.7. The maximum Gasteiger partial charge on any atom is 0.138 e. The molecule has 1 aliphatic carbocycles. The van der Waals surface area contributed by atoms with Gasteiger partial charge in [0.15, 0.2) is 0 Å². The second kappa shape index (κ2) is 5.58. The molecule has 0 spiro atoms. The Morgan fingerprint density at radius 1 is 1.10 bits per heavy atom. The second-order valence-corrected chi connectivity index (χ2v) is 6.95. The Kier molecular flexibility index (Phi) is 4.21. The van der Waals surface area contributed by atoms with Crippen molar-refractivity contribution in [3.05, 3.63) is 11.9 Å². The lowest BCUT2D eigenvalue weighted by atomic mass is 9.96. The normalized spacial score (nSPS) is 16.9. The first kappa shape index (κ1) is 15.1. The van der Waals surface area contributed by atoms with Gasteiger partial charge in [-0.15, -0.1) is 0 Å². The van der Waals surface area contributed by atoms with E-state index in [0.29, 0.717) is 5.41 Å². The van der Waals surface area contributed by atoms with Crippen molar-refractivity contribution >= 4 is 11.6 Å². The van der Waals surface area contributed by atoms with E-state index in [1.165, 1.54) is 19.3 Å². The van der Waals surface area contributed by atoms with Crippen LogP contribution in [0, 0.1) is 5.41 Å². The van der Waals surface area contributed by atoms with E-state index in [-0.39, 0.29) is 5.41 Å². The van der Waals surface area contributed by atoms with Crippen LogP contribution in [0.2, 0.25) is 0 Å². The van der Waals surface area contributed by atoms with E-state index in [1.807, 2.05) is 6.07 Å². The highest BCUT2D eigenvalue weighted by Crippen LogP contribution is 2.48. The van der Waals surface area contributed by atoms with Gasteiger partial charge in [-0.25, -0.2) is 9.97 Å².